The fraction of sp³-hybridized carbons (Fsp3) is 0.350. The first-order valence-electron chi connectivity index (χ1n) is 9.07. The lowest BCUT2D eigenvalue weighted by Gasteiger charge is -2.32. The average Bonchev–Trinajstić information content (AvgIpc) is 2.83. The first kappa shape index (κ1) is 21.8. The van der Waals surface area contributed by atoms with Crippen molar-refractivity contribution in [3.8, 4) is 0 Å². The van der Waals surface area contributed by atoms with Crippen LogP contribution < -0.4 is 10.8 Å². The van der Waals surface area contributed by atoms with Crippen molar-refractivity contribution in [2.24, 2.45) is 0 Å². The maximum absolute atomic E-state index is 12.5. The number of benzene rings is 2. The summed E-state index contributed by atoms with van der Waals surface area (Å²) in [6.45, 7) is 7.80. The Hall–Kier alpha value is -1.87. The van der Waals surface area contributed by atoms with Gasteiger partial charge in [-0.15, -0.1) is 0 Å². The zero-order valence-corrected chi connectivity index (χ0v) is 18.5. The van der Waals surface area contributed by atoms with Crippen molar-refractivity contribution in [3.63, 3.8) is 0 Å². The Kier molecular flexibility index (Phi) is 5.60. The molecular formula is C20H23BClNO5S. The number of sulfone groups is 1. The monoisotopic (exact) mass is 435 g/mol. The smallest absolute Gasteiger partial charge is 0.399 e. The topological polar surface area (TPSA) is 81.7 Å². The van der Waals surface area contributed by atoms with Crippen LogP contribution in [0.3, 0.4) is 0 Å². The first-order valence-corrected chi connectivity index (χ1v) is 11.3. The van der Waals surface area contributed by atoms with Crippen LogP contribution in [0.25, 0.3) is 0 Å². The maximum atomic E-state index is 12.5. The number of amides is 1. The van der Waals surface area contributed by atoms with Crippen LogP contribution in [0.5, 0.6) is 0 Å². The highest BCUT2D eigenvalue weighted by Gasteiger charge is 2.52. The predicted octanol–water partition coefficient (Wildman–Crippen LogP) is 3.30. The van der Waals surface area contributed by atoms with Gasteiger partial charge in [0.15, 0.2) is 9.84 Å². The molecule has 1 amide bonds. The number of carbonyl (C=O) groups excluding carboxylic acids is 1. The van der Waals surface area contributed by atoms with E-state index in [1.165, 1.54) is 24.3 Å². The molecule has 6 nitrogen and oxygen atoms in total. The fourth-order valence-corrected chi connectivity index (χ4v) is 3.67. The zero-order chi connectivity index (χ0) is 21.6. The first-order chi connectivity index (χ1) is 13.3. The van der Waals surface area contributed by atoms with Gasteiger partial charge < -0.3 is 14.6 Å². The van der Waals surface area contributed by atoms with Crippen LogP contribution in [0, 0.1) is 0 Å². The molecule has 154 valence electrons. The van der Waals surface area contributed by atoms with E-state index in [-0.39, 0.29) is 10.8 Å². The van der Waals surface area contributed by atoms with Gasteiger partial charge in [0, 0.05) is 28.0 Å². The second-order valence-corrected chi connectivity index (χ2v) is 10.5. The summed E-state index contributed by atoms with van der Waals surface area (Å²) in [4.78, 5) is 12.7. The summed E-state index contributed by atoms with van der Waals surface area (Å²) in [7, 11) is -3.97. The zero-order valence-electron chi connectivity index (χ0n) is 16.9. The van der Waals surface area contributed by atoms with Gasteiger partial charge in [-0.05, 0) is 70.2 Å². The van der Waals surface area contributed by atoms with Crippen LogP contribution in [0.4, 0.5) is 5.69 Å². The van der Waals surface area contributed by atoms with Crippen molar-refractivity contribution in [2.75, 3.05) is 11.6 Å². The molecule has 2 aromatic rings. The maximum Gasteiger partial charge on any atom is 0.496 e. The van der Waals surface area contributed by atoms with Crippen molar-refractivity contribution in [1.29, 1.82) is 0 Å². The molecule has 29 heavy (non-hydrogen) atoms. The Bertz CT molecular complexity index is 1040. The lowest BCUT2D eigenvalue weighted by Crippen LogP contribution is -2.41. The normalized spacial score (nSPS) is 17.9. The van der Waals surface area contributed by atoms with Gasteiger partial charge in [0.05, 0.1) is 16.1 Å². The second-order valence-electron chi connectivity index (χ2n) is 8.08. The minimum atomic E-state index is -3.32. The third-order valence-electron chi connectivity index (χ3n) is 5.31. The standard InChI is InChI=1S/C20H23BClNO5S/c1-19(2)20(3,4)28-21(27-19)16-12-14(8-11-17(16)22)23-18(24)13-6-9-15(10-7-13)29(5,25)26/h6-12H,1-5H3,(H,23,24). The molecule has 0 bridgehead atoms. The molecule has 0 saturated carbocycles. The Labute approximate surface area is 176 Å². The van der Waals surface area contributed by atoms with Crippen molar-refractivity contribution in [1.82, 2.24) is 0 Å². The van der Waals surface area contributed by atoms with Crippen molar-refractivity contribution in [2.45, 2.75) is 43.8 Å². The van der Waals surface area contributed by atoms with Gasteiger partial charge in [-0.2, -0.15) is 0 Å². The van der Waals surface area contributed by atoms with Crippen molar-refractivity contribution < 1.29 is 22.5 Å². The quantitative estimate of drug-likeness (QED) is 0.745. The molecule has 2 aromatic carbocycles. The lowest BCUT2D eigenvalue weighted by atomic mass is 9.79. The highest BCUT2D eigenvalue weighted by molar-refractivity contribution is 7.90. The van der Waals surface area contributed by atoms with E-state index >= 15 is 0 Å². The van der Waals surface area contributed by atoms with E-state index in [4.69, 9.17) is 20.9 Å². The largest absolute Gasteiger partial charge is 0.496 e. The van der Waals surface area contributed by atoms with Gasteiger partial charge >= 0.3 is 7.12 Å². The van der Waals surface area contributed by atoms with Crippen LogP contribution in [0.15, 0.2) is 47.4 Å². The summed E-state index contributed by atoms with van der Waals surface area (Å²) < 4.78 is 35.2. The summed E-state index contributed by atoms with van der Waals surface area (Å²) >= 11 is 6.35. The molecule has 1 fully saturated rings. The molecule has 0 unspecified atom stereocenters. The van der Waals surface area contributed by atoms with Crippen LogP contribution >= 0.6 is 11.6 Å². The molecule has 1 saturated heterocycles. The summed E-state index contributed by atoms with van der Waals surface area (Å²) in [5.41, 5.74) is 0.458. The number of anilines is 1. The number of halogens is 1. The highest BCUT2D eigenvalue weighted by atomic mass is 35.5. The van der Waals surface area contributed by atoms with Gasteiger partial charge in [-0.3, -0.25) is 4.79 Å². The minimum absolute atomic E-state index is 0.156. The Balaban J connectivity index is 1.81. The van der Waals surface area contributed by atoms with E-state index in [1.54, 1.807) is 18.2 Å². The second kappa shape index (κ2) is 7.43. The molecule has 0 atom stereocenters. The number of hydrogen-bond donors (Lipinski definition) is 1. The highest BCUT2D eigenvalue weighted by Crippen LogP contribution is 2.37. The molecule has 0 aromatic heterocycles. The predicted molar refractivity (Wildman–Crippen MR) is 115 cm³/mol. The summed E-state index contributed by atoms with van der Waals surface area (Å²) in [6.07, 6.45) is 1.12. The Morgan fingerprint density at radius 2 is 1.55 bits per heavy atom. The number of hydrogen-bond acceptors (Lipinski definition) is 5. The number of nitrogens with one attached hydrogen (secondary N) is 1. The summed E-state index contributed by atoms with van der Waals surface area (Å²) in [6, 6.07) is 10.8. The Morgan fingerprint density at radius 1 is 1.00 bits per heavy atom. The van der Waals surface area contributed by atoms with E-state index < -0.39 is 28.2 Å². The third-order valence-corrected chi connectivity index (χ3v) is 6.78. The van der Waals surface area contributed by atoms with Crippen LogP contribution in [-0.4, -0.2) is 38.9 Å². The SMILES string of the molecule is CC1(C)OB(c2cc(NC(=O)c3ccc(S(C)(=O)=O)cc3)ccc2Cl)OC1(C)C. The minimum Gasteiger partial charge on any atom is -0.399 e. The van der Waals surface area contributed by atoms with Crippen LogP contribution in [0.1, 0.15) is 38.1 Å². The van der Waals surface area contributed by atoms with E-state index in [1.807, 2.05) is 27.7 Å². The molecule has 3 rings (SSSR count). The van der Waals surface area contributed by atoms with E-state index in [0.717, 1.165) is 6.26 Å². The molecule has 1 heterocycles. The molecule has 1 aliphatic rings. The summed E-state index contributed by atoms with van der Waals surface area (Å²) in [5.74, 6) is -0.368. The third kappa shape index (κ3) is 4.50. The summed E-state index contributed by atoms with van der Waals surface area (Å²) in [5, 5.41) is 3.26. The van der Waals surface area contributed by atoms with Gasteiger partial charge in [-0.25, -0.2) is 8.42 Å². The van der Waals surface area contributed by atoms with Crippen LogP contribution in [0.2, 0.25) is 5.02 Å². The van der Waals surface area contributed by atoms with Gasteiger partial charge in [0.25, 0.3) is 5.91 Å². The fourth-order valence-electron chi connectivity index (χ4n) is 2.83. The lowest BCUT2D eigenvalue weighted by molar-refractivity contribution is 0.00578. The number of carbonyl (C=O) groups is 1. The van der Waals surface area contributed by atoms with Crippen molar-refractivity contribution >= 4 is 45.6 Å². The van der Waals surface area contributed by atoms with Gasteiger partial charge in [0.1, 0.15) is 0 Å². The number of rotatable bonds is 4. The molecule has 9 heteroatoms. The molecule has 1 aliphatic heterocycles. The molecule has 0 aliphatic carbocycles. The molecule has 1 N–H and O–H groups in total. The molecule has 0 radical (unpaired) electrons. The van der Waals surface area contributed by atoms with Crippen molar-refractivity contribution in [3.05, 3.63) is 53.1 Å². The average molecular weight is 436 g/mol. The Morgan fingerprint density at radius 3 is 2.07 bits per heavy atom. The van der Waals surface area contributed by atoms with Crippen LogP contribution in [-0.2, 0) is 19.1 Å². The molecule has 0 spiro atoms. The van der Waals surface area contributed by atoms with Gasteiger partial charge in [0.2, 0.25) is 0 Å². The van der Waals surface area contributed by atoms with E-state index in [9.17, 15) is 13.2 Å². The van der Waals surface area contributed by atoms with Gasteiger partial charge in [-0.1, -0.05) is 11.6 Å². The van der Waals surface area contributed by atoms with E-state index in [0.29, 0.717) is 21.7 Å². The van der Waals surface area contributed by atoms with E-state index in [2.05, 4.69) is 5.32 Å². The molecular weight excluding hydrogens is 413 g/mol.